The van der Waals surface area contributed by atoms with Crippen molar-refractivity contribution in [1.29, 1.82) is 0 Å². The maximum atomic E-state index is 11.7. The molecule has 0 bridgehead atoms. The van der Waals surface area contributed by atoms with Gasteiger partial charge in [-0.05, 0) is 17.7 Å². The van der Waals surface area contributed by atoms with Gasteiger partial charge in [0.15, 0.2) is 0 Å². The fourth-order valence-electron chi connectivity index (χ4n) is 1.85. The van der Waals surface area contributed by atoms with E-state index in [4.69, 9.17) is 11.5 Å². The summed E-state index contributed by atoms with van der Waals surface area (Å²) >= 11 is 0. The van der Waals surface area contributed by atoms with Crippen LogP contribution < -0.4 is 70.6 Å². The molecule has 0 unspecified atom stereocenters. The minimum absolute atomic E-state index is 0. The summed E-state index contributed by atoms with van der Waals surface area (Å²) in [6.45, 7) is 0. The first-order valence-corrected chi connectivity index (χ1v) is 9.12. The van der Waals surface area contributed by atoms with Crippen molar-refractivity contribution >= 4 is 36.5 Å². The van der Waals surface area contributed by atoms with Gasteiger partial charge in [0, 0.05) is 10.6 Å². The summed E-state index contributed by atoms with van der Waals surface area (Å²) < 4.78 is 65.1. The van der Waals surface area contributed by atoms with Crippen LogP contribution >= 0.6 is 0 Å². The van der Waals surface area contributed by atoms with Crippen LogP contribution in [0.3, 0.4) is 0 Å². The van der Waals surface area contributed by atoms with E-state index in [9.17, 15) is 25.9 Å². The van der Waals surface area contributed by atoms with Crippen molar-refractivity contribution in [3.8, 4) is 0 Å². The summed E-state index contributed by atoms with van der Waals surface area (Å²) in [4.78, 5) is -1.64. The Bertz CT molecular complexity index is 1020. The molecule has 0 aliphatic rings. The summed E-state index contributed by atoms with van der Waals surface area (Å²) in [5, 5.41) is 0. The van der Waals surface area contributed by atoms with Crippen LogP contribution in [0.1, 0.15) is 11.1 Å². The van der Waals surface area contributed by atoms with Gasteiger partial charge in [-0.2, -0.15) is 16.8 Å². The van der Waals surface area contributed by atoms with Crippen LogP contribution in [-0.4, -0.2) is 25.9 Å². The van der Waals surface area contributed by atoms with Crippen LogP contribution in [0, 0.1) is 12.1 Å². The van der Waals surface area contributed by atoms with Crippen LogP contribution in [-0.2, 0) is 20.2 Å². The Labute approximate surface area is 195 Å². The summed E-state index contributed by atoms with van der Waals surface area (Å²) in [5.41, 5.74) is 10.9. The summed E-state index contributed by atoms with van der Waals surface area (Å²) in [5.74, 6) is 0. The van der Waals surface area contributed by atoms with E-state index < -0.39 is 35.6 Å². The number of nitrogens with two attached hydrogens (primary N) is 2. The molecule has 0 heterocycles. The quantitative estimate of drug-likeness (QED) is 0.127. The normalized spacial score (nSPS) is 12.0. The summed E-state index contributed by atoms with van der Waals surface area (Å²) in [6, 6.07) is 9.87. The van der Waals surface area contributed by atoms with E-state index >= 15 is 0 Å². The molecule has 2 rings (SSSR count). The minimum atomic E-state index is -4.88. The molecule has 0 amide bonds. The van der Waals surface area contributed by atoms with Crippen LogP contribution in [0.2, 0.25) is 0 Å². The fraction of sp³-hybridized carbons (Fsp3) is 0. The van der Waals surface area contributed by atoms with E-state index in [2.05, 4.69) is 12.1 Å². The van der Waals surface area contributed by atoms with Crippen LogP contribution in [0.5, 0.6) is 0 Å². The molecule has 0 aliphatic heterocycles. The molecule has 128 valence electrons. The predicted molar refractivity (Wildman–Crippen MR) is 87.7 cm³/mol. The maximum absolute atomic E-state index is 11.7. The van der Waals surface area contributed by atoms with Gasteiger partial charge in [-0.3, -0.25) is 20.7 Å². The van der Waals surface area contributed by atoms with E-state index in [1.807, 2.05) is 0 Å². The molecule has 0 aliphatic carbocycles. The monoisotopic (exact) mass is 414 g/mol. The second kappa shape index (κ2) is 9.69. The number of hydrogen-bond donors (Lipinski definition) is 4. The first-order chi connectivity index (χ1) is 11.0. The van der Waals surface area contributed by atoms with Gasteiger partial charge in [0.2, 0.25) is 0 Å². The number of benzene rings is 2. The molecule has 12 heteroatoms. The molecule has 0 saturated heterocycles. The largest absolute Gasteiger partial charge is 1.00 e. The second-order valence-corrected chi connectivity index (χ2v) is 7.44. The summed E-state index contributed by atoms with van der Waals surface area (Å²) in [6.07, 6.45) is 2.35. The van der Waals surface area contributed by atoms with Gasteiger partial charge in [0.25, 0.3) is 20.2 Å². The van der Waals surface area contributed by atoms with E-state index in [0.717, 1.165) is 12.1 Å². The predicted octanol–water partition coefficient (Wildman–Crippen LogP) is -5.01. The van der Waals surface area contributed by atoms with Crippen molar-refractivity contribution in [2.45, 2.75) is 4.90 Å². The third kappa shape index (κ3) is 6.64. The maximum Gasteiger partial charge on any atom is 1.00 e. The fourth-order valence-corrected chi connectivity index (χ4v) is 3.34. The second-order valence-electron chi connectivity index (χ2n) is 4.70. The SMILES string of the molecule is Nc1c[c-]c([C-]=C(c2ccc(N)cc2S(=O)(=O)O)S(=O)(=O)O)cc1.[Na+].[Na+]. The third-order valence-corrected chi connectivity index (χ3v) is 4.60. The Morgan fingerprint density at radius 3 is 2.00 bits per heavy atom. The standard InChI is InChI=1S/C14H12N2O6S2.2Na/c15-10-3-1-9(2-4-10)7-13(23(17,18)19)12-6-5-11(16)8-14(12)24(20,21)22;;/h1,3-6,8H,15-16H2,(H,17,18,19)(H,20,21,22);;/q-2;2*+1. The molecule has 8 nitrogen and oxygen atoms in total. The van der Waals surface area contributed by atoms with Gasteiger partial charge in [-0.1, -0.05) is 6.07 Å². The molecule has 6 N–H and O–H groups in total. The smallest absolute Gasteiger partial charge is 0.476 e. The van der Waals surface area contributed by atoms with Gasteiger partial charge in [-0.25, -0.2) is 24.3 Å². The molecular formula is C14H12N2Na2O6S2. The molecule has 0 aromatic heterocycles. The summed E-state index contributed by atoms with van der Waals surface area (Å²) in [7, 11) is -9.69. The van der Waals surface area contributed by atoms with Crippen LogP contribution in [0.4, 0.5) is 11.4 Å². The van der Waals surface area contributed by atoms with Gasteiger partial charge >= 0.3 is 59.1 Å². The van der Waals surface area contributed by atoms with Crippen molar-refractivity contribution in [3.05, 3.63) is 59.7 Å². The Morgan fingerprint density at radius 2 is 1.54 bits per heavy atom. The molecule has 0 radical (unpaired) electrons. The third-order valence-electron chi connectivity index (χ3n) is 2.87. The van der Waals surface area contributed by atoms with Gasteiger partial charge < -0.3 is 11.5 Å². The number of nitrogen functional groups attached to an aromatic ring is 2. The minimum Gasteiger partial charge on any atom is -0.476 e. The zero-order valence-electron chi connectivity index (χ0n) is 14.0. The zero-order valence-corrected chi connectivity index (χ0v) is 19.6. The van der Waals surface area contributed by atoms with Gasteiger partial charge in [0.05, 0.1) is 0 Å². The van der Waals surface area contributed by atoms with Crippen molar-refractivity contribution < 1.29 is 85.1 Å². The molecule has 0 atom stereocenters. The Hall–Kier alpha value is -0.400. The van der Waals surface area contributed by atoms with Gasteiger partial charge in [-0.15, -0.1) is 5.69 Å². The molecule has 2 aromatic carbocycles. The first-order valence-electron chi connectivity index (χ1n) is 6.24. The van der Waals surface area contributed by atoms with Crippen molar-refractivity contribution in [3.63, 3.8) is 0 Å². The zero-order chi connectivity index (χ0) is 18.1. The number of rotatable bonds is 4. The van der Waals surface area contributed by atoms with E-state index in [-0.39, 0.29) is 70.4 Å². The van der Waals surface area contributed by atoms with Crippen molar-refractivity contribution in [2.75, 3.05) is 11.5 Å². The molecule has 26 heavy (non-hydrogen) atoms. The van der Waals surface area contributed by atoms with Crippen LogP contribution in [0.15, 0.2) is 41.3 Å². The van der Waals surface area contributed by atoms with Crippen LogP contribution in [0.25, 0.3) is 4.91 Å². The molecule has 0 fully saturated rings. The molecule has 0 spiro atoms. The number of anilines is 2. The van der Waals surface area contributed by atoms with Gasteiger partial charge in [0.1, 0.15) is 4.90 Å². The first kappa shape index (κ1) is 25.6. The molecular weight excluding hydrogens is 402 g/mol. The number of hydrogen-bond acceptors (Lipinski definition) is 6. The Morgan fingerprint density at radius 1 is 0.962 bits per heavy atom. The molecule has 0 saturated carbocycles. The Kier molecular flexibility index (Phi) is 9.54. The molecule has 2 aromatic rings. The Balaban J connectivity index is 0.00000312. The van der Waals surface area contributed by atoms with Crippen molar-refractivity contribution in [2.24, 2.45) is 0 Å². The van der Waals surface area contributed by atoms with E-state index in [1.54, 1.807) is 0 Å². The van der Waals surface area contributed by atoms with E-state index in [1.165, 1.54) is 24.3 Å². The topological polar surface area (TPSA) is 161 Å². The average molecular weight is 414 g/mol. The average Bonchev–Trinajstić information content (AvgIpc) is 2.45. The van der Waals surface area contributed by atoms with Crippen molar-refractivity contribution in [1.82, 2.24) is 0 Å². The van der Waals surface area contributed by atoms with E-state index in [0.29, 0.717) is 5.69 Å².